The molecular formula is C18H16Cl2N4O4S4. The number of rotatable bonds is 8. The highest BCUT2D eigenvalue weighted by Crippen LogP contribution is 2.44. The molecule has 170 valence electrons. The smallest absolute Gasteiger partial charge is 0.313 e. The number of hydrogen-bond acceptors (Lipinski definition) is 9. The van der Waals surface area contributed by atoms with Crippen molar-refractivity contribution in [2.45, 2.75) is 21.3 Å². The van der Waals surface area contributed by atoms with Crippen molar-refractivity contribution >= 4 is 88.0 Å². The Morgan fingerprint density at radius 3 is 2.88 bits per heavy atom. The quantitative estimate of drug-likeness (QED) is 0.377. The van der Waals surface area contributed by atoms with Crippen LogP contribution < -0.4 is 5.32 Å². The molecule has 14 heteroatoms. The van der Waals surface area contributed by atoms with E-state index in [2.05, 4.69) is 14.1 Å². The van der Waals surface area contributed by atoms with Gasteiger partial charge in [0.15, 0.2) is 0 Å². The van der Waals surface area contributed by atoms with Gasteiger partial charge in [0.05, 0.1) is 28.7 Å². The SMILES string of the molecule is O=C(CSc1cc(Cl)ccc1Cl)NC1C(=O)N2CC(CSc3cnsn3)(C(=O)O)CS[C@H]12. The number of nitrogens with zero attached hydrogens (tertiary/aromatic N) is 3. The summed E-state index contributed by atoms with van der Waals surface area (Å²) in [7, 11) is 0. The van der Waals surface area contributed by atoms with Crippen molar-refractivity contribution in [1.82, 2.24) is 19.0 Å². The highest BCUT2D eigenvalue weighted by molar-refractivity contribution is 8.01. The third-order valence-electron chi connectivity index (χ3n) is 5.00. The van der Waals surface area contributed by atoms with Gasteiger partial charge < -0.3 is 15.3 Å². The Hall–Kier alpha value is -1.18. The maximum Gasteiger partial charge on any atom is 0.313 e. The number of carbonyl (C=O) groups excluding carboxylic acids is 2. The molecule has 2 aliphatic heterocycles. The lowest BCUT2D eigenvalue weighted by molar-refractivity contribution is -0.157. The molecule has 0 saturated carbocycles. The molecule has 1 aromatic carbocycles. The fourth-order valence-electron chi connectivity index (χ4n) is 3.28. The molecule has 0 radical (unpaired) electrons. The molecule has 2 fully saturated rings. The van der Waals surface area contributed by atoms with Gasteiger partial charge in [-0.3, -0.25) is 14.4 Å². The molecule has 1 aromatic heterocycles. The van der Waals surface area contributed by atoms with Gasteiger partial charge >= 0.3 is 5.97 Å². The number of benzene rings is 1. The van der Waals surface area contributed by atoms with Crippen molar-refractivity contribution in [3.8, 4) is 0 Å². The highest BCUT2D eigenvalue weighted by atomic mass is 35.5. The van der Waals surface area contributed by atoms with Gasteiger partial charge in [-0.1, -0.05) is 23.2 Å². The highest BCUT2D eigenvalue weighted by Gasteiger charge is 2.57. The number of aliphatic carboxylic acids is 1. The Labute approximate surface area is 210 Å². The molecule has 2 aliphatic rings. The monoisotopic (exact) mass is 550 g/mol. The molecule has 3 heterocycles. The van der Waals surface area contributed by atoms with Crippen molar-refractivity contribution in [1.29, 1.82) is 0 Å². The Morgan fingerprint density at radius 2 is 2.16 bits per heavy atom. The van der Waals surface area contributed by atoms with Crippen LogP contribution in [-0.2, 0) is 14.4 Å². The molecule has 32 heavy (non-hydrogen) atoms. The second-order valence-corrected chi connectivity index (χ2v) is 11.7. The largest absolute Gasteiger partial charge is 0.481 e. The maximum absolute atomic E-state index is 12.7. The average molecular weight is 552 g/mol. The Kier molecular flexibility index (Phi) is 7.47. The summed E-state index contributed by atoms with van der Waals surface area (Å²) in [6.45, 7) is 0.0998. The Bertz CT molecular complexity index is 1040. The third-order valence-corrected chi connectivity index (χ3v) is 10.1. The summed E-state index contributed by atoms with van der Waals surface area (Å²) in [6, 6.07) is 4.35. The summed E-state index contributed by atoms with van der Waals surface area (Å²) in [6.07, 6.45) is 1.60. The number of aromatic nitrogens is 2. The Morgan fingerprint density at radius 1 is 1.34 bits per heavy atom. The van der Waals surface area contributed by atoms with E-state index in [9.17, 15) is 19.5 Å². The molecule has 2 N–H and O–H groups in total. The summed E-state index contributed by atoms with van der Waals surface area (Å²) in [5.74, 6) is -0.822. The first-order valence-electron chi connectivity index (χ1n) is 9.22. The van der Waals surface area contributed by atoms with Gasteiger partial charge in [0.2, 0.25) is 11.8 Å². The number of hydrogen-bond donors (Lipinski definition) is 2. The van der Waals surface area contributed by atoms with E-state index in [1.54, 1.807) is 24.4 Å². The van der Waals surface area contributed by atoms with E-state index in [1.165, 1.54) is 40.2 Å². The van der Waals surface area contributed by atoms with Crippen molar-refractivity contribution in [3.05, 3.63) is 34.4 Å². The van der Waals surface area contributed by atoms with Crippen molar-refractivity contribution < 1.29 is 19.5 Å². The first-order chi connectivity index (χ1) is 15.3. The van der Waals surface area contributed by atoms with E-state index in [4.69, 9.17) is 23.2 Å². The van der Waals surface area contributed by atoms with Crippen LogP contribution in [0.1, 0.15) is 0 Å². The molecule has 3 atom stereocenters. The molecule has 2 unspecified atom stereocenters. The van der Waals surface area contributed by atoms with Crippen molar-refractivity contribution in [3.63, 3.8) is 0 Å². The van der Waals surface area contributed by atoms with Crippen LogP contribution >= 0.6 is 70.2 Å². The van der Waals surface area contributed by atoms with Crippen molar-refractivity contribution in [2.75, 3.05) is 23.8 Å². The number of halogens is 2. The molecular weight excluding hydrogens is 535 g/mol. The van der Waals surface area contributed by atoms with Gasteiger partial charge in [0.25, 0.3) is 0 Å². The number of β-lactam (4-membered cyclic amide) rings is 1. The summed E-state index contributed by atoms with van der Waals surface area (Å²) in [5, 5.41) is 14.0. The zero-order valence-electron chi connectivity index (χ0n) is 16.2. The number of thioether (sulfide) groups is 3. The van der Waals surface area contributed by atoms with E-state index in [0.29, 0.717) is 25.7 Å². The first kappa shape index (κ1) is 24.0. The topological polar surface area (TPSA) is 112 Å². The standard InChI is InChI=1S/C18H16Cl2N4O4S4/c19-9-1-2-10(20)11(3-9)29-5-12(25)22-14-15(26)24-6-18(17(27)28,8-31-16(14)24)7-30-13-4-21-32-23-13/h1-4,14,16H,5-8H2,(H,22,25)(H,27,28)/t14?,16-,18?/m1/s1. The van der Waals surface area contributed by atoms with Gasteiger partial charge in [-0.15, -0.1) is 35.3 Å². The summed E-state index contributed by atoms with van der Waals surface area (Å²) >= 11 is 17.1. The lowest BCUT2D eigenvalue weighted by Gasteiger charge is -2.53. The number of nitrogens with one attached hydrogen (secondary N) is 1. The van der Waals surface area contributed by atoms with Crippen LogP contribution in [0.5, 0.6) is 0 Å². The van der Waals surface area contributed by atoms with Gasteiger partial charge in [-0.2, -0.15) is 8.75 Å². The van der Waals surface area contributed by atoms with Crippen molar-refractivity contribution in [2.24, 2.45) is 5.41 Å². The van der Waals surface area contributed by atoms with Crippen LogP contribution in [0.3, 0.4) is 0 Å². The van der Waals surface area contributed by atoms with Crippen LogP contribution in [0.4, 0.5) is 0 Å². The van der Waals surface area contributed by atoms with Crippen LogP contribution in [0, 0.1) is 5.41 Å². The van der Waals surface area contributed by atoms with E-state index < -0.39 is 17.4 Å². The van der Waals surface area contributed by atoms with E-state index in [0.717, 1.165) is 11.7 Å². The fourth-order valence-corrected chi connectivity index (χ4v) is 7.83. The maximum atomic E-state index is 12.7. The minimum atomic E-state index is -1.08. The number of fused-ring (bicyclic) bond motifs is 1. The lowest BCUT2D eigenvalue weighted by atomic mass is 9.89. The number of carboxylic acid groups (broad SMARTS) is 1. The normalized spacial score (nSPS) is 24.6. The van der Waals surface area contributed by atoms with Gasteiger partial charge in [-0.25, -0.2) is 0 Å². The average Bonchev–Trinajstić information content (AvgIpc) is 3.30. The minimum absolute atomic E-state index is 0.0820. The van der Waals surface area contributed by atoms with Crippen LogP contribution in [0.15, 0.2) is 34.3 Å². The zero-order valence-corrected chi connectivity index (χ0v) is 21.0. The minimum Gasteiger partial charge on any atom is -0.481 e. The van der Waals surface area contributed by atoms with Crippen LogP contribution in [0.25, 0.3) is 0 Å². The Balaban J connectivity index is 1.32. The molecule has 0 spiro atoms. The van der Waals surface area contributed by atoms with E-state index in [-0.39, 0.29) is 35.2 Å². The van der Waals surface area contributed by atoms with Crippen LogP contribution in [0.2, 0.25) is 10.0 Å². The van der Waals surface area contributed by atoms with E-state index in [1.807, 2.05) is 0 Å². The number of amides is 2. The van der Waals surface area contributed by atoms with E-state index >= 15 is 0 Å². The summed E-state index contributed by atoms with van der Waals surface area (Å²) in [4.78, 5) is 39.4. The first-order valence-corrected chi connectivity index (χ1v) is 13.7. The molecule has 0 aliphatic carbocycles. The molecule has 0 bridgehead atoms. The summed E-state index contributed by atoms with van der Waals surface area (Å²) < 4.78 is 8.02. The predicted molar refractivity (Wildman–Crippen MR) is 128 cm³/mol. The molecule has 2 saturated heterocycles. The van der Waals surface area contributed by atoms with Crippen LogP contribution in [-0.4, -0.2) is 71.8 Å². The third kappa shape index (κ3) is 5.00. The molecule has 8 nitrogen and oxygen atoms in total. The second-order valence-electron chi connectivity index (χ2n) is 7.20. The number of carboxylic acids is 1. The predicted octanol–water partition coefficient (Wildman–Crippen LogP) is 3.20. The summed E-state index contributed by atoms with van der Waals surface area (Å²) in [5.41, 5.74) is -1.08. The van der Waals surface area contributed by atoms with Gasteiger partial charge in [0, 0.05) is 28.0 Å². The molecule has 2 aromatic rings. The molecule has 4 rings (SSSR count). The zero-order chi connectivity index (χ0) is 22.9. The second kappa shape index (κ2) is 9.98. The fraction of sp³-hybridized carbons (Fsp3) is 0.389. The lowest BCUT2D eigenvalue weighted by Crippen LogP contribution is -2.74. The molecule has 2 amide bonds. The van der Waals surface area contributed by atoms with Gasteiger partial charge in [-0.05, 0) is 18.2 Å². The number of carbonyl (C=O) groups is 3. The van der Waals surface area contributed by atoms with Gasteiger partial charge in [0.1, 0.15) is 21.9 Å².